The average molecular weight is 474 g/mol. The molecule has 0 aliphatic heterocycles. The van der Waals surface area contributed by atoms with Crippen molar-refractivity contribution in [2.24, 2.45) is 5.73 Å². The van der Waals surface area contributed by atoms with Crippen LogP contribution in [0.4, 0.5) is 0 Å². The molecule has 1 heterocycles. The summed E-state index contributed by atoms with van der Waals surface area (Å²) in [5.74, 6) is -0.138. The van der Waals surface area contributed by atoms with Crippen LogP contribution in [0.1, 0.15) is 15.2 Å². The van der Waals surface area contributed by atoms with Gasteiger partial charge < -0.3 is 20.5 Å². The van der Waals surface area contributed by atoms with E-state index < -0.39 is 5.91 Å². The van der Waals surface area contributed by atoms with Crippen LogP contribution < -0.4 is 20.5 Å². The quantitative estimate of drug-likeness (QED) is 0.522. The number of carbonyl (C=O) groups excluding carboxylic acids is 2. The van der Waals surface area contributed by atoms with E-state index in [1.54, 1.807) is 30.3 Å². The SMILES string of the molecule is COc1cc(CNC(=O)c2sc3cc(Cl)cc(Cl)c3c2Cl)ccc1OCC(N)=O. The number of thiophene rings is 1. The van der Waals surface area contributed by atoms with Crippen LogP contribution in [0.25, 0.3) is 10.1 Å². The summed E-state index contributed by atoms with van der Waals surface area (Å²) in [4.78, 5) is 23.8. The van der Waals surface area contributed by atoms with Gasteiger partial charge in [-0.05, 0) is 29.8 Å². The predicted molar refractivity (Wildman–Crippen MR) is 116 cm³/mol. The number of ether oxygens (including phenoxy) is 2. The van der Waals surface area contributed by atoms with Crippen LogP contribution >= 0.6 is 46.1 Å². The molecule has 0 saturated carbocycles. The molecule has 29 heavy (non-hydrogen) atoms. The third kappa shape index (κ3) is 4.87. The van der Waals surface area contributed by atoms with Gasteiger partial charge in [0.2, 0.25) is 0 Å². The third-order valence-electron chi connectivity index (χ3n) is 3.91. The van der Waals surface area contributed by atoms with Gasteiger partial charge in [-0.2, -0.15) is 0 Å². The fourth-order valence-corrected chi connectivity index (χ4v) is 4.91. The molecule has 0 fully saturated rings. The number of carbonyl (C=O) groups is 2. The molecule has 0 saturated heterocycles. The van der Waals surface area contributed by atoms with Gasteiger partial charge in [0.05, 0.1) is 17.2 Å². The fourth-order valence-electron chi connectivity index (χ4n) is 2.61. The molecule has 3 N–H and O–H groups in total. The van der Waals surface area contributed by atoms with Crippen molar-refractivity contribution in [2.45, 2.75) is 6.54 Å². The lowest BCUT2D eigenvalue weighted by Crippen LogP contribution is -2.22. The number of hydrogen-bond donors (Lipinski definition) is 2. The second kappa shape index (κ2) is 9.09. The summed E-state index contributed by atoms with van der Waals surface area (Å²) in [6, 6.07) is 8.37. The van der Waals surface area contributed by atoms with Crippen LogP contribution in [0.15, 0.2) is 30.3 Å². The maximum atomic E-state index is 12.6. The minimum atomic E-state index is -0.593. The van der Waals surface area contributed by atoms with Crippen molar-refractivity contribution in [1.29, 1.82) is 0 Å². The Morgan fingerprint density at radius 2 is 1.90 bits per heavy atom. The normalized spacial score (nSPS) is 10.8. The van der Waals surface area contributed by atoms with Crippen LogP contribution in [0.5, 0.6) is 11.5 Å². The van der Waals surface area contributed by atoms with Crippen molar-refractivity contribution in [3.63, 3.8) is 0 Å². The highest BCUT2D eigenvalue weighted by Gasteiger charge is 2.19. The molecular formula is C19H15Cl3N2O4S. The van der Waals surface area contributed by atoms with Crippen molar-refractivity contribution in [3.8, 4) is 11.5 Å². The van der Waals surface area contributed by atoms with Gasteiger partial charge in [0.15, 0.2) is 18.1 Å². The van der Waals surface area contributed by atoms with Gasteiger partial charge in [0.25, 0.3) is 11.8 Å². The number of rotatable bonds is 7. The first-order valence-electron chi connectivity index (χ1n) is 8.23. The first-order chi connectivity index (χ1) is 13.8. The molecular weight excluding hydrogens is 459 g/mol. The van der Waals surface area contributed by atoms with Crippen molar-refractivity contribution < 1.29 is 19.1 Å². The number of primary amides is 1. The number of nitrogens with two attached hydrogens (primary N) is 1. The first kappa shape index (κ1) is 21.5. The summed E-state index contributed by atoms with van der Waals surface area (Å²) in [6.07, 6.45) is 0. The number of hydrogen-bond acceptors (Lipinski definition) is 5. The molecule has 2 aromatic carbocycles. The van der Waals surface area contributed by atoms with Crippen molar-refractivity contribution in [3.05, 3.63) is 55.8 Å². The monoisotopic (exact) mass is 472 g/mol. The smallest absolute Gasteiger partial charge is 0.263 e. The van der Waals surface area contributed by atoms with Crippen molar-refractivity contribution in [2.75, 3.05) is 13.7 Å². The van der Waals surface area contributed by atoms with Gasteiger partial charge in [0.1, 0.15) is 4.88 Å². The summed E-state index contributed by atoms with van der Waals surface area (Å²) < 4.78 is 11.3. The molecule has 0 unspecified atom stereocenters. The molecule has 6 nitrogen and oxygen atoms in total. The van der Waals surface area contributed by atoms with E-state index in [4.69, 9.17) is 50.0 Å². The zero-order valence-corrected chi connectivity index (χ0v) is 18.1. The Morgan fingerprint density at radius 1 is 1.14 bits per heavy atom. The number of methoxy groups -OCH3 is 1. The molecule has 152 valence electrons. The Morgan fingerprint density at radius 3 is 2.59 bits per heavy atom. The fraction of sp³-hybridized carbons (Fsp3) is 0.158. The van der Waals surface area contributed by atoms with Gasteiger partial charge in [-0.1, -0.05) is 40.9 Å². The predicted octanol–water partition coefficient (Wildman–Crippen LogP) is 4.66. The Balaban J connectivity index is 1.75. The van der Waals surface area contributed by atoms with Crippen molar-refractivity contribution >= 4 is 68.0 Å². The van der Waals surface area contributed by atoms with Crippen LogP contribution in [-0.2, 0) is 11.3 Å². The van der Waals surface area contributed by atoms with E-state index in [1.807, 2.05) is 0 Å². The Hall–Kier alpha value is -2.19. The number of amides is 2. The standard InChI is InChI=1S/C19H15Cl3N2O4S/c1-27-13-4-9(2-3-12(13)28-8-15(23)25)7-24-19(26)18-17(22)16-11(21)5-10(20)6-14(16)29-18/h2-6H,7-8H2,1H3,(H2,23,25)(H,24,26). The van der Waals surface area contributed by atoms with E-state index in [-0.39, 0.29) is 24.1 Å². The second-order valence-electron chi connectivity index (χ2n) is 5.93. The van der Waals surface area contributed by atoms with Crippen LogP contribution in [-0.4, -0.2) is 25.5 Å². The van der Waals surface area contributed by atoms with E-state index >= 15 is 0 Å². The van der Waals surface area contributed by atoms with E-state index in [0.717, 1.165) is 10.3 Å². The Labute approximate surface area is 185 Å². The second-order valence-corrected chi connectivity index (χ2v) is 8.20. The third-order valence-corrected chi connectivity index (χ3v) is 6.05. The molecule has 2 amide bonds. The zero-order valence-electron chi connectivity index (χ0n) is 15.1. The maximum Gasteiger partial charge on any atom is 0.263 e. The van der Waals surface area contributed by atoms with Gasteiger partial charge in [0, 0.05) is 21.7 Å². The molecule has 0 spiro atoms. The molecule has 0 aliphatic carbocycles. The number of halogens is 3. The van der Waals surface area contributed by atoms with Gasteiger partial charge in [-0.25, -0.2) is 0 Å². The van der Waals surface area contributed by atoms with Gasteiger partial charge in [-0.3, -0.25) is 9.59 Å². The molecule has 10 heteroatoms. The number of fused-ring (bicyclic) bond motifs is 1. The Kier molecular flexibility index (Phi) is 6.74. The average Bonchev–Trinajstić information content (AvgIpc) is 3.01. The molecule has 0 aliphatic rings. The lowest BCUT2D eigenvalue weighted by molar-refractivity contribution is -0.119. The van der Waals surface area contributed by atoms with E-state index in [9.17, 15) is 9.59 Å². The van der Waals surface area contributed by atoms with Crippen molar-refractivity contribution in [1.82, 2.24) is 5.32 Å². The number of benzene rings is 2. The first-order valence-corrected chi connectivity index (χ1v) is 10.2. The molecule has 0 radical (unpaired) electrons. The summed E-state index contributed by atoms with van der Waals surface area (Å²) in [7, 11) is 1.47. The van der Waals surface area contributed by atoms with Crippen LogP contribution in [0.2, 0.25) is 15.1 Å². The number of nitrogens with one attached hydrogen (secondary N) is 1. The van der Waals surface area contributed by atoms with Crippen LogP contribution in [0.3, 0.4) is 0 Å². The highest BCUT2D eigenvalue weighted by Crippen LogP contribution is 2.41. The van der Waals surface area contributed by atoms with Crippen LogP contribution in [0, 0.1) is 0 Å². The van der Waals surface area contributed by atoms with Gasteiger partial charge >= 0.3 is 0 Å². The lowest BCUT2D eigenvalue weighted by Gasteiger charge is -2.11. The minimum Gasteiger partial charge on any atom is -0.493 e. The highest BCUT2D eigenvalue weighted by molar-refractivity contribution is 7.21. The largest absolute Gasteiger partial charge is 0.493 e. The Bertz CT molecular complexity index is 1100. The van der Waals surface area contributed by atoms with Gasteiger partial charge in [-0.15, -0.1) is 11.3 Å². The zero-order chi connectivity index (χ0) is 21.1. The molecule has 0 bridgehead atoms. The summed E-state index contributed by atoms with van der Waals surface area (Å²) in [6.45, 7) is -0.0339. The lowest BCUT2D eigenvalue weighted by atomic mass is 10.2. The van der Waals surface area contributed by atoms with E-state index in [2.05, 4.69) is 5.32 Å². The molecule has 1 aromatic heterocycles. The molecule has 3 rings (SSSR count). The van der Waals surface area contributed by atoms with E-state index in [1.165, 1.54) is 18.4 Å². The summed E-state index contributed by atoms with van der Waals surface area (Å²) >= 11 is 19.8. The van der Waals surface area contributed by atoms with E-state index in [0.29, 0.717) is 31.8 Å². The maximum absolute atomic E-state index is 12.6. The minimum absolute atomic E-state index is 0.227. The topological polar surface area (TPSA) is 90.7 Å². The molecule has 0 atom stereocenters. The highest BCUT2D eigenvalue weighted by atomic mass is 35.5. The summed E-state index contributed by atoms with van der Waals surface area (Å²) in [5, 5.41) is 4.57. The molecule has 3 aromatic rings. The summed E-state index contributed by atoms with van der Waals surface area (Å²) in [5.41, 5.74) is 5.84.